The van der Waals surface area contributed by atoms with Crippen LogP contribution in [0.3, 0.4) is 0 Å². The molecule has 3 aromatic carbocycles. The van der Waals surface area contributed by atoms with E-state index >= 15 is 0 Å². The third-order valence-electron chi connectivity index (χ3n) is 5.49. The zero-order valence-corrected chi connectivity index (χ0v) is 17.1. The molecule has 1 N–H and O–H groups in total. The van der Waals surface area contributed by atoms with Gasteiger partial charge < -0.3 is 4.90 Å². The summed E-state index contributed by atoms with van der Waals surface area (Å²) in [6.07, 6.45) is 1.67. The van der Waals surface area contributed by atoms with Crippen molar-refractivity contribution in [3.05, 3.63) is 99.6 Å². The van der Waals surface area contributed by atoms with Crippen LogP contribution in [0.2, 0.25) is 0 Å². The molecule has 0 atom stereocenters. The number of aryl methyl sites for hydroxylation is 3. The van der Waals surface area contributed by atoms with Crippen LogP contribution in [0, 0.1) is 20.8 Å². The van der Waals surface area contributed by atoms with Crippen LogP contribution in [0.25, 0.3) is 0 Å². The van der Waals surface area contributed by atoms with Crippen LogP contribution in [0.4, 0.5) is 5.69 Å². The summed E-state index contributed by atoms with van der Waals surface area (Å²) in [5.74, 6) is -0.210. The maximum absolute atomic E-state index is 12.1. The lowest BCUT2D eigenvalue weighted by Gasteiger charge is -2.17. The fourth-order valence-electron chi connectivity index (χ4n) is 3.59. The van der Waals surface area contributed by atoms with Gasteiger partial charge in [0.2, 0.25) is 0 Å². The molecule has 0 bridgehead atoms. The Kier molecular flexibility index (Phi) is 5.17. The molecule has 0 saturated carbocycles. The highest BCUT2D eigenvalue weighted by atomic mass is 16.2. The predicted molar refractivity (Wildman–Crippen MR) is 118 cm³/mol. The first-order chi connectivity index (χ1) is 14.0. The molecule has 3 aromatic rings. The van der Waals surface area contributed by atoms with E-state index in [1.54, 1.807) is 18.3 Å². The normalized spacial score (nSPS) is 13.0. The number of rotatable bonds is 4. The van der Waals surface area contributed by atoms with E-state index in [4.69, 9.17) is 0 Å². The SMILES string of the molecule is Cc1ccc(C(=O)N/N=C\c2ccc(N3Cc4cc(C)c(C)cc4C3)cc2)cc1. The Morgan fingerprint density at radius 2 is 1.48 bits per heavy atom. The van der Waals surface area contributed by atoms with Crippen LogP contribution in [-0.2, 0) is 13.1 Å². The highest BCUT2D eigenvalue weighted by molar-refractivity contribution is 5.94. The fraction of sp³-hybridized carbons (Fsp3) is 0.200. The molecule has 0 spiro atoms. The third kappa shape index (κ3) is 4.21. The van der Waals surface area contributed by atoms with Gasteiger partial charge in [0.05, 0.1) is 6.21 Å². The highest BCUT2D eigenvalue weighted by Gasteiger charge is 2.19. The molecule has 0 fully saturated rings. The van der Waals surface area contributed by atoms with Crippen LogP contribution in [-0.4, -0.2) is 12.1 Å². The van der Waals surface area contributed by atoms with Gasteiger partial charge in [-0.15, -0.1) is 0 Å². The number of hydrogen-bond acceptors (Lipinski definition) is 3. The van der Waals surface area contributed by atoms with Crippen molar-refractivity contribution in [3.8, 4) is 0 Å². The van der Waals surface area contributed by atoms with Crippen molar-refractivity contribution in [2.24, 2.45) is 5.10 Å². The molecule has 0 aliphatic carbocycles. The van der Waals surface area contributed by atoms with Gasteiger partial charge in [0.25, 0.3) is 5.91 Å². The number of carbonyl (C=O) groups is 1. The van der Waals surface area contributed by atoms with Crippen LogP contribution < -0.4 is 10.3 Å². The number of carbonyl (C=O) groups excluding carboxylic acids is 1. The predicted octanol–water partition coefficient (Wildman–Crippen LogP) is 4.90. The highest BCUT2D eigenvalue weighted by Crippen LogP contribution is 2.30. The van der Waals surface area contributed by atoms with Gasteiger partial charge in [0.15, 0.2) is 0 Å². The molecule has 4 rings (SSSR count). The van der Waals surface area contributed by atoms with Gasteiger partial charge in [-0.1, -0.05) is 42.0 Å². The zero-order valence-electron chi connectivity index (χ0n) is 17.1. The summed E-state index contributed by atoms with van der Waals surface area (Å²) in [6, 6.07) is 20.3. The second-order valence-electron chi connectivity index (χ2n) is 7.72. The number of amides is 1. The van der Waals surface area contributed by atoms with Crippen molar-refractivity contribution in [2.45, 2.75) is 33.9 Å². The molecule has 0 aromatic heterocycles. The number of nitrogens with zero attached hydrogens (tertiary/aromatic N) is 2. The number of anilines is 1. The summed E-state index contributed by atoms with van der Waals surface area (Å²) >= 11 is 0. The average Bonchev–Trinajstić information content (AvgIpc) is 3.12. The van der Waals surface area contributed by atoms with Gasteiger partial charge in [-0.25, -0.2) is 5.43 Å². The summed E-state index contributed by atoms with van der Waals surface area (Å²) in [6.45, 7) is 8.22. The third-order valence-corrected chi connectivity index (χ3v) is 5.49. The van der Waals surface area contributed by atoms with E-state index in [2.05, 4.69) is 53.5 Å². The van der Waals surface area contributed by atoms with Crippen LogP contribution in [0.5, 0.6) is 0 Å². The molecular formula is C25H25N3O. The minimum absolute atomic E-state index is 0.210. The zero-order chi connectivity index (χ0) is 20.4. The maximum Gasteiger partial charge on any atom is 0.271 e. The Hall–Kier alpha value is -3.40. The largest absolute Gasteiger partial charge is 0.363 e. The molecule has 146 valence electrons. The van der Waals surface area contributed by atoms with Crippen molar-refractivity contribution in [3.63, 3.8) is 0 Å². The lowest BCUT2D eigenvalue weighted by atomic mass is 10.0. The summed E-state index contributed by atoms with van der Waals surface area (Å²) < 4.78 is 0. The second-order valence-corrected chi connectivity index (χ2v) is 7.72. The Labute approximate surface area is 171 Å². The molecule has 0 unspecified atom stereocenters. The van der Waals surface area contributed by atoms with Gasteiger partial charge in [-0.3, -0.25) is 4.79 Å². The molecular weight excluding hydrogens is 358 g/mol. The molecule has 1 amide bonds. The monoisotopic (exact) mass is 383 g/mol. The van der Waals surface area contributed by atoms with Crippen molar-refractivity contribution in [2.75, 3.05) is 4.90 Å². The Morgan fingerprint density at radius 3 is 2.07 bits per heavy atom. The van der Waals surface area contributed by atoms with Crippen LogP contribution >= 0.6 is 0 Å². The second kappa shape index (κ2) is 7.92. The minimum atomic E-state index is -0.210. The summed E-state index contributed by atoms with van der Waals surface area (Å²) in [5.41, 5.74) is 12.0. The molecule has 1 aliphatic rings. The Balaban J connectivity index is 1.38. The maximum atomic E-state index is 12.1. The van der Waals surface area contributed by atoms with Gasteiger partial charge in [0, 0.05) is 24.3 Å². The van der Waals surface area contributed by atoms with Crippen molar-refractivity contribution in [1.29, 1.82) is 0 Å². The first-order valence-electron chi connectivity index (χ1n) is 9.84. The van der Waals surface area contributed by atoms with Crippen molar-refractivity contribution in [1.82, 2.24) is 5.43 Å². The topological polar surface area (TPSA) is 44.7 Å². The van der Waals surface area contributed by atoms with Crippen LogP contribution in [0.15, 0.2) is 65.8 Å². The standard InChI is InChI=1S/C25H25N3O/c1-17-4-8-21(9-5-17)25(29)27-26-14-20-6-10-24(11-7-20)28-15-22-12-18(2)19(3)13-23(22)16-28/h4-14H,15-16H2,1-3H3,(H,27,29)/b26-14-. The van der Waals surface area contributed by atoms with Gasteiger partial charge >= 0.3 is 0 Å². The van der Waals surface area contributed by atoms with E-state index in [0.717, 1.165) is 24.2 Å². The Bertz CT molecular complexity index is 1040. The molecule has 0 radical (unpaired) electrons. The number of benzene rings is 3. The first kappa shape index (κ1) is 18.9. The Morgan fingerprint density at radius 1 is 0.897 bits per heavy atom. The van der Waals surface area contributed by atoms with Gasteiger partial charge in [-0.05, 0) is 72.9 Å². The van der Waals surface area contributed by atoms with E-state index in [9.17, 15) is 4.79 Å². The molecule has 29 heavy (non-hydrogen) atoms. The van der Waals surface area contributed by atoms with E-state index in [1.165, 1.54) is 27.9 Å². The molecule has 1 heterocycles. The summed E-state index contributed by atoms with van der Waals surface area (Å²) in [7, 11) is 0. The number of nitrogens with one attached hydrogen (secondary N) is 1. The molecule has 4 nitrogen and oxygen atoms in total. The first-order valence-corrected chi connectivity index (χ1v) is 9.84. The lowest BCUT2D eigenvalue weighted by molar-refractivity contribution is 0.0955. The molecule has 4 heteroatoms. The van der Waals surface area contributed by atoms with E-state index < -0.39 is 0 Å². The fourth-order valence-corrected chi connectivity index (χ4v) is 3.59. The number of hydrazone groups is 1. The average molecular weight is 383 g/mol. The van der Waals surface area contributed by atoms with Crippen molar-refractivity contribution >= 4 is 17.8 Å². The van der Waals surface area contributed by atoms with Crippen molar-refractivity contribution < 1.29 is 4.79 Å². The van der Waals surface area contributed by atoms with E-state index in [0.29, 0.717) is 5.56 Å². The minimum Gasteiger partial charge on any atom is -0.363 e. The molecule has 1 aliphatic heterocycles. The summed E-state index contributed by atoms with van der Waals surface area (Å²) in [5, 5.41) is 4.08. The number of fused-ring (bicyclic) bond motifs is 1. The quantitative estimate of drug-likeness (QED) is 0.515. The lowest BCUT2D eigenvalue weighted by Crippen LogP contribution is -2.17. The molecule has 0 saturated heterocycles. The van der Waals surface area contributed by atoms with Crippen LogP contribution in [0.1, 0.15) is 43.7 Å². The van der Waals surface area contributed by atoms with E-state index in [1.807, 2.05) is 31.2 Å². The van der Waals surface area contributed by atoms with E-state index in [-0.39, 0.29) is 5.91 Å². The summed E-state index contributed by atoms with van der Waals surface area (Å²) in [4.78, 5) is 14.5. The van der Waals surface area contributed by atoms with Gasteiger partial charge in [-0.2, -0.15) is 5.10 Å². The van der Waals surface area contributed by atoms with Gasteiger partial charge in [0.1, 0.15) is 0 Å². The smallest absolute Gasteiger partial charge is 0.271 e. The number of hydrogen-bond donors (Lipinski definition) is 1.